The molecule has 1 saturated heterocycles. The van der Waals surface area contributed by atoms with Crippen LogP contribution in [0, 0.1) is 0 Å². The van der Waals surface area contributed by atoms with Gasteiger partial charge in [-0.2, -0.15) is 0 Å². The molecule has 0 bridgehead atoms. The summed E-state index contributed by atoms with van der Waals surface area (Å²) < 4.78 is 17.8. The molecule has 0 aromatic rings. The van der Waals surface area contributed by atoms with E-state index in [1.807, 2.05) is 7.11 Å². The van der Waals surface area contributed by atoms with E-state index >= 15 is 0 Å². The van der Waals surface area contributed by atoms with Gasteiger partial charge in [0.25, 0.3) is 0 Å². The third kappa shape index (κ3) is 4.76. The van der Waals surface area contributed by atoms with Crippen LogP contribution in [0.1, 0.15) is 58.3 Å². The highest BCUT2D eigenvalue weighted by Gasteiger charge is 2.58. The second-order valence-electron chi connectivity index (χ2n) is 6.13. The van der Waals surface area contributed by atoms with Gasteiger partial charge in [0, 0.05) is 21.3 Å². The van der Waals surface area contributed by atoms with Crippen molar-refractivity contribution in [3.05, 3.63) is 0 Å². The van der Waals surface area contributed by atoms with Gasteiger partial charge in [-0.15, -0.1) is 0 Å². The quantitative estimate of drug-likeness (QED) is 0.468. The van der Waals surface area contributed by atoms with Gasteiger partial charge in [-0.1, -0.05) is 32.6 Å². The maximum absolute atomic E-state index is 6.01. The fourth-order valence-corrected chi connectivity index (χ4v) is 7.56. The Morgan fingerprint density at radius 3 is 2.33 bits per heavy atom. The fourth-order valence-electron chi connectivity index (χ4n) is 3.65. The Morgan fingerprint density at radius 2 is 1.71 bits per heavy atom. The van der Waals surface area contributed by atoms with E-state index < -0.39 is 8.56 Å². The van der Waals surface area contributed by atoms with Crippen molar-refractivity contribution in [2.24, 2.45) is 0 Å². The molecule has 1 unspecified atom stereocenters. The van der Waals surface area contributed by atoms with Crippen LogP contribution in [0.5, 0.6) is 0 Å². The van der Waals surface area contributed by atoms with E-state index in [1.54, 1.807) is 14.2 Å². The molecule has 0 aromatic heterocycles. The molecular weight excluding hydrogens is 282 g/mol. The van der Waals surface area contributed by atoms with Crippen LogP contribution in [-0.2, 0) is 13.6 Å². The third-order valence-corrected chi connectivity index (χ3v) is 9.40. The molecular formula is C16H35NO3Si. The first-order valence-electron chi connectivity index (χ1n) is 8.56. The lowest BCUT2D eigenvalue weighted by molar-refractivity contribution is -0.0156. The molecule has 5 heteroatoms. The Labute approximate surface area is 132 Å². The molecule has 0 spiro atoms. The number of hydrogen-bond acceptors (Lipinski definition) is 4. The van der Waals surface area contributed by atoms with Crippen molar-refractivity contribution < 1.29 is 13.6 Å². The zero-order valence-corrected chi connectivity index (χ0v) is 15.5. The first-order valence-corrected chi connectivity index (χ1v) is 10.6. The van der Waals surface area contributed by atoms with Gasteiger partial charge >= 0.3 is 8.56 Å². The maximum atomic E-state index is 6.01. The predicted molar refractivity (Wildman–Crippen MR) is 89.8 cm³/mol. The Kier molecular flexibility index (Phi) is 9.05. The molecule has 1 fully saturated rings. The topological polar surface area (TPSA) is 39.7 Å². The zero-order chi connectivity index (χ0) is 15.6. The summed E-state index contributed by atoms with van der Waals surface area (Å²) in [5.41, 5.74) is 0. The number of rotatable bonds is 11. The average molecular weight is 318 g/mol. The first kappa shape index (κ1) is 19.1. The van der Waals surface area contributed by atoms with Crippen molar-refractivity contribution in [1.29, 1.82) is 0 Å². The molecule has 0 aliphatic carbocycles. The molecule has 1 rings (SSSR count). The van der Waals surface area contributed by atoms with Crippen LogP contribution in [-0.4, -0.2) is 48.2 Å². The summed E-state index contributed by atoms with van der Waals surface area (Å²) in [6.07, 6.45) is 9.55. The maximum Gasteiger partial charge on any atom is 0.370 e. The number of hydrogen-bond donors (Lipinski definition) is 1. The molecule has 0 aromatic carbocycles. The molecule has 0 radical (unpaired) electrons. The van der Waals surface area contributed by atoms with E-state index in [4.69, 9.17) is 13.6 Å². The van der Waals surface area contributed by atoms with Crippen LogP contribution in [0.3, 0.4) is 0 Å². The average Bonchev–Trinajstić information content (AvgIpc) is 2.54. The lowest BCUT2D eigenvalue weighted by Crippen LogP contribution is -2.64. The van der Waals surface area contributed by atoms with Crippen LogP contribution in [0.25, 0.3) is 0 Å². The summed E-state index contributed by atoms with van der Waals surface area (Å²) >= 11 is 0. The van der Waals surface area contributed by atoms with E-state index in [2.05, 4.69) is 12.2 Å². The summed E-state index contributed by atoms with van der Waals surface area (Å²) in [7, 11) is 3.20. The Morgan fingerprint density at radius 1 is 1.00 bits per heavy atom. The van der Waals surface area contributed by atoms with Crippen LogP contribution < -0.4 is 5.32 Å². The SMILES string of the molecule is CCCCCNCCCC1(OC)CCCC[Si]1(OC)OC. The van der Waals surface area contributed by atoms with Gasteiger partial charge < -0.3 is 18.9 Å². The highest BCUT2D eigenvalue weighted by Crippen LogP contribution is 2.42. The van der Waals surface area contributed by atoms with Crippen molar-refractivity contribution >= 4 is 8.56 Å². The molecule has 0 amide bonds. The highest BCUT2D eigenvalue weighted by atomic mass is 28.4. The number of nitrogens with one attached hydrogen (secondary N) is 1. The normalized spacial score (nSPS) is 25.1. The van der Waals surface area contributed by atoms with Crippen molar-refractivity contribution in [2.45, 2.75) is 69.6 Å². The minimum absolute atomic E-state index is 0.167. The van der Waals surface area contributed by atoms with E-state index in [9.17, 15) is 0 Å². The lowest BCUT2D eigenvalue weighted by atomic mass is 10.1. The largest absolute Gasteiger partial charge is 0.396 e. The summed E-state index contributed by atoms with van der Waals surface area (Å²) in [5, 5.41) is 3.38. The molecule has 1 aliphatic heterocycles. The van der Waals surface area contributed by atoms with Gasteiger partial charge in [0.05, 0.1) is 0 Å². The highest BCUT2D eigenvalue weighted by molar-refractivity contribution is 6.70. The second-order valence-corrected chi connectivity index (χ2v) is 9.86. The van der Waals surface area contributed by atoms with Gasteiger partial charge in [-0.05, 0) is 44.8 Å². The van der Waals surface area contributed by atoms with Gasteiger partial charge in [-0.25, -0.2) is 0 Å². The van der Waals surface area contributed by atoms with Crippen molar-refractivity contribution in [2.75, 3.05) is 34.4 Å². The number of ether oxygens (including phenoxy) is 1. The summed E-state index contributed by atoms with van der Waals surface area (Å²) in [6, 6.07) is 1.05. The molecule has 1 heterocycles. The fraction of sp³-hybridized carbons (Fsp3) is 1.00. The van der Waals surface area contributed by atoms with Crippen LogP contribution in [0.2, 0.25) is 6.04 Å². The van der Waals surface area contributed by atoms with Crippen LogP contribution >= 0.6 is 0 Å². The van der Waals surface area contributed by atoms with Gasteiger partial charge in [0.2, 0.25) is 0 Å². The molecule has 1 N–H and O–H groups in total. The minimum Gasteiger partial charge on any atom is -0.396 e. The summed E-state index contributed by atoms with van der Waals surface area (Å²) in [6.45, 7) is 4.43. The number of unbranched alkanes of at least 4 members (excludes halogenated alkanes) is 2. The first-order chi connectivity index (χ1) is 10.2. The van der Waals surface area contributed by atoms with Crippen molar-refractivity contribution in [3.8, 4) is 0 Å². The van der Waals surface area contributed by atoms with Gasteiger partial charge in [0.15, 0.2) is 0 Å². The Balaban J connectivity index is 2.46. The standard InChI is InChI=1S/C16H35NO3Si/c1-5-6-8-13-17-14-10-12-16(18-2)11-7-9-15-21(16,19-3)20-4/h17H,5-15H2,1-4H3. The lowest BCUT2D eigenvalue weighted by Gasteiger charge is -2.48. The molecule has 126 valence electrons. The van der Waals surface area contributed by atoms with E-state index in [1.165, 1.54) is 32.1 Å². The van der Waals surface area contributed by atoms with Crippen LogP contribution in [0.15, 0.2) is 0 Å². The second kappa shape index (κ2) is 9.95. The number of methoxy groups -OCH3 is 1. The zero-order valence-electron chi connectivity index (χ0n) is 14.5. The van der Waals surface area contributed by atoms with E-state index in [-0.39, 0.29) is 5.22 Å². The summed E-state index contributed by atoms with van der Waals surface area (Å²) in [5.74, 6) is 0. The smallest absolute Gasteiger partial charge is 0.370 e. The Hall–Kier alpha value is 0.0569. The van der Waals surface area contributed by atoms with E-state index in [0.717, 1.165) is 38.4 Å². The van der Waals surface area contributed by atoms with Crippen molar-refractivity contribution in [3.63, 3.8) is 0 Å². The minimum atomic E-state index is -2.24. The summed E-state index contributed by atoms with van der Waals surface area (Å²) in [4.78, 5) is 0. The molecule has 4 nitrogen and oxygen atoms in total. The van der Waals surface area contributed by atoms with Gasteiger partial charge in [0.1, 0.15) is 5.22 Å². The predicted octanol–water partition coefficient (Wildman–Crippen LogP) is 3.39. The van der Waals surface area contributed by atoms with E-state index in [0.29, 0.717) is 0 Å². The molecule has 0 saturated carbocycles. The molecule has 1 aliphatic rings. The van der Waals surface area contributed by atoms with Crippen molar-refractivity contribution in [1.82, 2.24) is 5.32 Å². The van der Waals surface area contributed by atoms with Gasteiger partial charge in [-0.3, -0.25) is 0 Å². The third-order valence-electron chi connectivity index (χ3n) is 4.97. The molecule has 21 heavy (non-hydrogen) atoms. The molecule has 1 atom stereocenters. The Bertz CT molecular complexity index is 274. The van der Waals surface area contributed by atoms with Crippen LogP contribution in [0.4, 0.5) is 0 Å². The monoisotopic (exact) mass is 317 g/mol.